The Bertz CT molecular complexity index is 386. The molecule has 1 aromatic rings. The fourth-order valence-corrected chi connectivity index (χ4v) is 2.52. The van der Waals surface area contributed by atoms with Crippen molar-refractivity contribution in [3.63, 3.8) is 0 Å². The Morgan fingerprint density at radius 2 is 1.75 bits per heavy atom. The first-order chi connectivity index (χ1) is 9.85. The highest BCUT2D eigenvalue weighted by Gasteiger charge is 2.13. The lowest BCUT2D eigenvalue weighted by Gasteiger charge is -2.26. The fourth-order valence-electron chi connectivity index (χ4n) is 2.52. The van der Waals surface area contributed by atoms with Gasteiger partial charge in [0.15, 0.2) is 0 Å². The zero-order valence-corrected chi connectivity index (χ0v) is 12.4. The van der Waals surface area contributed by atoms with Gasteiger partial charge in [-0.25, -0.2) is 9.97 Å². The Morgan fingerprint density at radius 3 is 2.35 bits per heavy atom. The molecule has 20 heavy (non-hydrogen) atoms. The second-order valence-corrected chi connectivity index (χ2v) is 4.95. The highest BCUT2D eigenvalue weighted by atomic mass is 16.5. The molecule has 112 valence electrons. The van der Waals surface area contributed by atoms with E-state index in [2.05, 4.69) is 20.2 Å². The Kier molecular flexibility index (Phi) is 6.01. The SMILES string of the molecule is COc1ncnc(OC)c1CNCCN1CCCCC1. The van der Waals surface area contributed by atoms with Gasteiger partial charge in [-0.3, -0.25) is 0 Å². The monoisotopic (exact) mass is 280 g/mol. The summed E-state index contributed by atoms with van der Waals surface area (Å²) in [5, 5.41) is 3.42. The summed E-state index contributed by atoms with van der Waals surface area (Å²) in [6.07, 6.45) is 5.48. The van der Waals surface area contributed by atoms with E-state index in [-0.39, 0.29) is 0 Å². The molecule has 1 fully saturated rings. The third kappa shape index (κ3) is 4.05. The highest BCUT2D eigenvalue weighted by Crippen LogP contribution is 2.22. The van der Waals surface area contributed by atoms with Gasteiger partial charge in [0, 0.05) is 19.6 Å². The van der Waals surface area contributed by atoms with Crippen LogP contribution in [0.1, 0.15) is 24.8 Å². The fraction of sp³-hybridized carbons (Fsp3) is 0.714. The number of piperidine rings is 1. The molecule has 2 rings (SSSR count). The van der Waals surface area contributed by atoms with Crippen molar-refractivity contribution >= 4 is 0 Å². The Morgan fingerprint density at radius 1 is 1.10 bits per heavy atom. The lowest BCUT2D eigenvalue weighted by molar-refractivity contribution is 0.228. The van der Waals surface area contributed by atoms with E-state index in [0.717, 1.165) is 18.7 Å². The van der Waals surface area contributed by atoms with Gasteiger partial charge in [-0.05, 0) is 25.9 Å². The van der Waals surface area contributed by atoms with Crippen molar-refractivity contribution in [1.29, 1.82) is 0 Å². The summed E-state index contributed by atoms with van der Waals surface area (Å²) in [7, 11) is 3.22. The van der Waals surface area contributed by atoms with Crippen LogP contribution in [-0.2, 0) is 6.54 Å². The van der Waals surface area contributed by atoms with Crippen LogP contribution in [-0.4, -0.2) is 55.3 Å². The van der Waals surface area contributed by atoms with Crippen molar-refractivity contribution in [2.24, 2.45) is 0 Å². The third-order valence-electron chi connectivity index (χ3n) is 3.61. The molecule has 1 N–H and O–H groups in total. The molecule has 1 aliphatic rings. The first kappa shape index (κ1) is 15.0. The van der Waals surface area contributed by atoms with Gasteiger partial charge in [-0.1, -0.05) is 6.42 Å². The van der Waals surface area contributed by atoms with Crippen molar-refractivity contribution in [2.45, 2.75) is 25.8 Å². The van der Waals surface area contributed by atoms with Gasteiger partial charge >= 0.3 is 0 Å². The molecule has 0 bridgehead atoms. The Hall–Kier alpha value is -1.40. The molecule has 0 unspecified atom stereocenters. The standard InChI is InChI=1S/C14H24N4O2/c1-19-13-12(14(20-2)17-11-16-13)10-15-6-9-18-7-4-3-5-8-18/h11,15H,3-10H2,1-2H3. The van der Waals surface area contributed by atoms with Crippen LogP contribution in [0.3, 0.4) is 0 Å². The maximum atomic E-state index is 5.25. The largest absolute Gasteiger partial charge is 0.481 e. The number of nitrogens with zero attached hydrogens (tertiary/aromatic N) is 3. The van der Waals surface area contributed by atoms with Crippen LogP contribution in [0, 0.1) is 0 Å². The molecular weight excluding hydrogens is 256 g/mol. The van der Waals surface area contributed by atoms with Crippen molar-refractivity contribution in [3.8, 4) is 11.8 Å². The minimum Gasteiger partial charge on any atom is -0.481 e. The Labute approximate surface area is 120 Å². The van der Waals surface area contributed by atoms with E-state index in [1.54, 1.807) is 14.2 Å². The lowest BCUT2D eigenvalue weighted by Crippen LogP contribution is -2.35. The molecule has 0 aromatic carbocycles. The minimum atomic E-state index is 0.572. The molecule has 0 radical (unpaired) electrons. The molecule has 1 aromatic heterocycles. The Balaban J connectivity index is 1.81. The summed E-state index contributed by atoms with van der Waals surface area (Å²) in [5.41, 5.74) is 0.871. The summed E-state index contributed by atoms with van der Waals surface area (Å²) in [5.74, 6) is 1.14. The van der Waals surface area contributed by atoms with Crippen LogP contribution >= 0.6 is 0 Å². The summed E-state index contributed by atoms with van der Waals surface area (Å²) in [6, 6.07) is 0. The second-order valence-electron chi connectivity index (χ2n) is 4.95. The summed E-state index contributed by atoms with van der Waals surface area (Å²) in [6.45, 7) is 5.13. The van der Waals surface area contributed by atoms with Gasteiger partial charge in [0.25, 0.3) is 0 Å². The lowest BCUT2D eigenvalue weighted by atomic mass is 10.1. The molecule has 0 spiro atoms. The van der Waals surface area contributed by atoms with Crippen LogP contribution in [0.15, 0.2) is 6.33 Å². The molecule has 0 atom stereocenters. The number of methoxy groups -OCH3 is 2. The average molecular weight is 280 g/mol. The van der Waals surface area contributed by atoms with Gasteiger partial charge in [-0.15, -0.1) is 0 Å². The number of aromatic nitrogens is 2. The predicted molar refractivity (Wildman–Crippen MR) is 77.1 cm³/mol. The van der Waals surface area contributed by atoms with Gasteiger partial charge in [0.05, 0.1) is 19.8 Å². The van der Waals surface area contributed by atoms with Crippen LogP contribution in [0.5, 0.6) is 11.8 Å². The molecule has 0 aliphatic carbocycles. The number of hydrogen-bond donors (Lipinski definition) is 1. The third-order valence-corrected chi connectivity index (χ3v) is 3.61. The highest BCUT2D eigenvalue weighted by molar-refractivity contribution is 5.34. The van der Waals surface area contributed by atoms with E-state index >= 15 is 0 Å². The van der Waals surface area contributed by atoms with Crippen molar-refractivity contribution in [2.75, 3.05) is 40.4 Å². The van der Waals surface area contributed by atoms with Gasteiger partial charge in [0.2, 0.25) is 11.8 Å². The van der Waals surface area contributed by atoms with Crippen LogP contribution < -0.4 is 14.8 Å². The zero-order chi connectivity index (χ0) is 14.2. The molecular formula is C14H24N4O2. The number of ether oxygens (including phenoxy) is 2. The van der Waals surface area contributed by atoms with Crippen LogP contribution in [0.25, 0.3) is 0 Å². The molecule has 1 saturated heterocycles. The molecule has 1 aliphatic heterocycles. The topological polar surface area (TPSA) is 59.5 Å². The number of likely N-dealkylation sites (tertiary alicyclic amines) is 1. The zero-order valence-electron chi connectivity index (χ0n) is 12.4. The maximum absolute atomic E-state index is 5.25. The van der Waals surface area contributed by atoms with Crippen molar-refractivity contribution in [1.82, 2.24) is 20.2 Å². The summed E-state index contributed by atoms with van der Waals surface area (Å²) >= 11 is 0. The molecule has 6 heteroatoms. The first-order valence-corrected chi connectivity index (χ1v) is 7.20. The van der Waals surface area contributed by atoms with E-state index in [1.807, 2.05) is 0 Å². The molecule has 6 nitrogen and oxygen atoms in total. The normalized spacial score (nSPS) is 16.1. The smallest absolute Gasteiger partial charge is 0.224 e. The second kappa shape index (κ2) is 8.01. The first-order valence-electron chi connectivity index (χ1n) is 7.20. The van der Waals surface area contributed by atoms with Crippen molar-refractivity contribution < 1.29 is 9.47 Å². The van der Waals surface area contributed by atoms with Gasteiger partial charge < -0.3 is 19.7 Å². The quantitative estimate of drug-likeness (QED) is 0.754. The summed E-state index contributed by atoms with van der Waals surface area (Å²) in [4.78, 5) is 10.7. The minimum absolute atomic E-state index is 0.572. The number of hydrogen-bond acceptors (Lipinski definition) is 6. The maximum Gasteiger partial charge on any atom is 0.224 e. The van der Waals surface area contributed by atoms with Gasteiger partial charge in [0.1, 0.15) is 6.33 Å². The van der Waals surface area contributed by atoms with Crippen LogP contribution in [0.2, 0.25) is 0 Å². The van der Waals surface area contributed by atoms with Crippen molar-refractivity contribution in [3.05, 3.63) is 11.9 Å². The average Bonchev–Trinajstić information content (AvgIpc) is 2.52. The van der Waals surface area contributed by atoms with E-state index in [1.165, 1.54) is 38.7 Å². The molecule has 0 amide bonds. The molecule has 2 heterocycles. The van der Waals surface area contributed by atoms with E-state index in [0.29, 0.717) is 18.3 Å². The number of nitrogens with one attached hydrogen (secondary N) is 1. The van der Waals surface area contributed by atoms with E-state index < -0.39 is 0 Å². The van der Waals surface area contributed by atoms with Crippen LogP contribution in [0.4, 0.5) is 0 Å². The predicted octanol–water partition coefficient (Wildman–Crippen LogP) is 1.07. The molecule has 0 saturated carbocycles. The van der Waals surface area contributed by atoms with E-state index in [4.69, 9.17) is 9.47 Å². The van der Waals surface area contributed by atoms with Gasteiger partial charge in [-0.2, -0.15) is 0 Å². The summed E-state index contributed by atoms with van der Waals surface area (Å²) < 4.78 is 10.5. The van der Waals surface area contributed by atoms with E-state index in [9.17, 15) is 0 Å². The number of rotatable bonds is 7.